The van der Waals surface area contributed by atoms with E-state index in [0.29, 0.717) is 5.56 Å². The van der Waals surface area contributed by atoms with Crippen LogP contribution in [0.5, 0.6) is 0 Å². The van der Waals surface area contributed by atoms with Crippen molar-refractivity contribution in [3.05, 3.63) is 16.0 Å². The molecule has 1 saturated carbocycles. The van der Waals surface area contributed by atoms with Crippen molar-refractivity contribution in [2.45, 2.75) is 45.1 Å². The van der Waals surface area contributed by atoms with Crippen LogP contribution in [0.25, 0.3) is 0 Å². The number of esters is 2. The number of carbonyl (C=O) groups is 3. The Kier molecular flexibility index (Phi) is 6.19. The molecule has 2 amide bonds. The molecule has 24 heavy (non-hydrogen) atoms. The molecule has 1 heterocycles. The molecular formula is C16H22N2O5S. The molecule has 2 rings (SSSR count). The lowest BCUT2D eigenvalue weighted by atomic mass is 9.96. The van der Waals surface area contributed by atoms with E-state index >= 15 is 0 Å². The molecule has 1 aromatic heterocycles. The van der Waals surface area contributed by atoms with Gasteiger partial charge >= 0.3 is 18.0 Å². The molecule has 1 aromatic rings. The standard InChI is InChI=1S/C16H22N2O5S/c1-9-11(14(19)22-2)13(24-12(9)15(20)23-3)18-16(21)17-10-7-5-4-6-8-10/h10H,4-8H2,1-3H3,(H2,17,18,21). The van der Waals surface area contributed by atoms with Gasteiger partial charge in [-0.3, -0.25) is 5.32 Å². The van der Waals surface area contributed by atoms with E-state index in [9.17, 15) is 14.4 Å². The smallest absolute Gasteiger partial charge is 0.348 e. The number of ether oxygens (including phenoxy) is 2. The maximum Gasteiger partial charge on any atom is 0.348 e. The lowest BCUT2D eigenvalue weighted by molar-refractivity contribution is 0.0601. The Labute approximate surface area is 144 Å². The van der Waals surface area contributed by atoms with Gasteiger partial charge in [-0.1, -0.05) is 19.3 Å². The number of anilines is 1. The van der Waals surface area contributed by atoms with Crippen LogP contribution < -0.4 is 10.6 Å². The van der Waals surface area contributed by atoms with Gasteiger partial charge in [0.05, 0.1) is 19.8 Å². The largest absolute Gasteiger partial charge is 0.465 e. The molecule has 7 nitrogen and oxygen atoms in total. The normalized spacial score (nSPS) is 14.8. The topological polar surface area (TPSA) is 93.7 Å². The van der Waals surface area contributed by atoms with Crippen molar-refractivity contribution >= 4 is 34.3 Å². The Morgan fingerprint density at radius 3 is 2.25 bits per heavy atom. The fourth-order valence-corrected chi connectivity index (χ4v) is 3.92. The Bertz CT molecular complexity index is 635. The first-order chi connectivity index (χ1) is 11.5. The summed E-state index contributed by atoms with van der Waals surface area (Å²) >= 11 is 1.01. The number of urea groups is 1. The summed E-state index contributed by atoms with van der Waals surface area (Å²) in [6.07, 6.45) is 5.30. The summed E-state index contributed by atoms with van der Waals surface area (Å²) in [6.45, 7) is 1.62. The number of hydrogen-bond donors (Lipinski definition) is 2. The third-order valence-electron chi connectivity index (χ3n) is 4.07. The minimum atomic E-state index is -0.605. The highest BCUT2D eigenvalue weighted by Gasteiger charge is 2.27. The predicted octanol–water partition coefficient (Wildman–Crippen LogP) is 3.08. The first-order valence-corrected chi connectivity index (χ1v) is 8.67. The summed E-state index contributed by atoms with van der Waals surface area (Å²) in [5.74, 6) is -1.16. The summed E-state index contributed by atoms with van der Waals surface area (Å²) in [5, 5.41) is 5.87. The van der Waals surface area contributed by atoms with Gasteiger partial charge < -0.3 is 14.8 Å². The van der Waals surface area contributed by atoms with Crippen LogP contribution in [-0.2, 0) is 9.47 Å². The van der Waals surface area contributed by atoms with Crippen molar-refractivity contribution in [1.29, 1.82) is 0 Å². The number of methoxy groups -OCH3 is 2. The van der Waals surface area contributed by atoms with Gasteiger partial charge in [-0.05, 0) is 25.3 Å². The third-order valence-corrected chi connectivity index (χ3v) is 5.26. The van der Waals surface area contributed by atoms with Crippen molar-refractivity contribution in [2.24, 2.45) is 0 Å². The zero-order chi connectivity index (χ0) is 17.7. The van der Waals surface area contributed by atoms with Crippen molar-refractivity contribution in [2.75, 3.05) is 19.5 Å². The minimum Gasteiger partial charge on any atom is -0.465 e. The number of nitrogens with one attached hydrogen (secondary N) is 2. The average Bonchev–Trinajstić information content (AvgIpc) is 2.90. The highest BCUT2D eigenvalue weighted by molar-refractivity contribution is 7.18. The van der Waals surface area contributed by atoms with E-state index in [1.165, 1.54) is 20.6 Å². The van der Waals surface area contributed by atoms with Gasteiger partial charge in [-0.15, -0.1) is 11.3 Å². The second kappa shape index (κ2) is 8.14. The van der Waals surface area contributed by atoms with Crippen LogP contribution >= 0.6 is 11.3 Å². The van der Waals surface area contributed by atoms with Gasteiger partial charge in [-0.2, -0.15) is 0 Å². The van der Waals surface area contributed by atoms with Crippen molar-refractivity contribution in [1.82, 2.24) is 5.32 Å². The van der Waals surface area contributed by atoms with Crippen LogP contribution in [0.2, 0.25) is 0 Å². The minimum absolute atomic E-state index is 0.140. The molecule has 0 radical (unpaired) electrons. The number of amides is 2. The molecule has 132 valence electrons. The molecule has 1 aliphatic rings. The summed E-state index contributed by atoms with van der Waals surface area (Å²) in [4.78, 5) is 36.3. The maximum absolute atomic E-state index is 12.2. The van der Waals surface area contributed by atoms with Gasteiger partial charge in [0.25, 0.3) is 0 Å². The summed E-state index contributed by atoms with van der Waals surface area (Å²) in [7, 11) is 2.52. The molecule has 0 bridgehead atoms. The Balaban J connectivity index is 2.19. The van der Waals surface area contributed by atoms with E-state index in [1.807, 2.05) is 0 Å². The van der Waals surface area contributed by atoms with E-state index in [4.69, 9.17) is 9.47 Å². The van der Waals surface area contributed by atoms with Crippen molar-refractivity contribution < 1.29 is 23.9 Å². The third kappa shape index (κ3) is 4.05. The Hall–Kier alpha value is -2.09. The summed E-state index contributed by atoms with van der Waals surface area (Å²) < 4.78 is 9.48. The first-order valence-electron chi connectivity index (χ1n) is 7.85. The average molecular weight is 354 g/mol. The van der Waals surface area contributed by atoms with Gasteiger partial charge in [0, 0.05) is 6.04 Å². The second-order valence-corrected chi connectivity index (χ2v) is 6.70. The molecule has 0 aliphatic heterocycles. The number of thiophene rings is 1. The number of hydrogen-bond acceptors (Lipinski definition) is 6. The monoisotopic (exact) mass is 354 g/mol. The molecule has 0 unspecified atom stereocenters. The van der Waals surface area contributed by atoms with E-state index in [2.05, 4.69) is 10.6 Å². The predicted molar refractivity (Wildman–Crippen MR) is 90.8 cm³/mol. The van der Waals surface area contributed by atoms with E-state index in [1.54, 1.807) is 6.92 Å². The second-order valence-electron chi connectivity index (χ2n) is 5.68. The van der Waals surface area contributed by atoms with Crippen LogP contribution in [0.3, 0.4) is 0 Å². The Morgan fingerprint density at radius 1 is 1.04 bits per heavy atom. The SMILES string of the molecule is COC(=O)c1sc(NC(=O)NC2CCCCC2)c(C(=O)OC)c1C. The van der Waals surface area contributed by atoms with E-state index in [-0.39, 0.29) is 27.5 Å². The quantitative estimate of drug-likeness (QED) is 0.811. The highest BCUT2D eigenvalue weighted by Crippen LogP contribution is 2.34. The first kappa shape index (κ1) is 18.3. The number of carbonyl (C=O) groups excluding carboxylic acids is 3. The Morgan fingerprint density at radius 2 is 1.67 bits per heavy atom. The van der Waals surface area contributed by atoms with Gasteiger partial charge in [0.1, 0.15) is 9.88 Å². The lowest BCUT2D eigenvalue weighted by Gasteiger charge is -2.22. The van der Waals surface area contributed by atoms with Crippen molar-refractivity contribution in [3.8, 4) is 0 Å². The molecular weight excluding hydrogens is 332 g/mol. The van der Waals surface area contributed by atoms with Crippen LogP contribution in [0.1, 0.15) is 57.7 Å². The van der Waals surface area contributed by atoms with Gasteiger partial charge in [-0.25, -0.2) is 14.4 Å². The zero-order valence-corrected chi connectivity index (χ0v) is 14.9. The van der Waals surface area contributed by atoms with Crippen molar-refractivity contribution in [3.63, 3.8) is 0 Å². The van der Waals surface area contributed by atoms with E-state index in [0.717, 1.165) is 37.0 Å². The van der Waals surface area contributed by atoms with Gasteiger partial charge in [0.2, 0.25) is 0 Å². The molecule has 1 aliphatic carbocycles. The molecule has 0 aromatic carbocycles. The lowest BCUT2D eigenvalue weighted by Crippen LogP contribution is -2.39. The maximum atomic E-state index is 12.2. The number of rotatable bonds is 4. The van der Waals surface area contributed by atoms with Crippen LogP contribution in [0.15, 0.2) is 0 Å². The zero-order valence-electron chi connectivity index (χ0n) is 14.1. The molecule has 2 N–H and O–H groups in total. The van der Waals surface area contributed by atoms with Gasteiger partial charge in [0.15, 0.2) is 0 Å². The summed E-state index contributed by atoms with van der Waals surface area (Å²) in [6, 6.07) is -0.244. The molecule has 8 heteroatoms. The molecule has 0 saturated heterocycles. The fraction of sp³-hybridized carbons (Fsp3) is 0.562. The van der Waals surface area contributed by atoms with E-state index < -0.39 is 11.9 Å². The summed E-state index contributed by atoms with van der Waals surface area (Å²) in [5.41, 5.74) is 0.619. The molecule has 0 spiro atoms. The van der Waals surface area contributed by atoms with Crippen LogP contribution in [0, 0.1) is 6.92 Å². The highest BCUT2D eigenvalue weighted by atomic mass is 32.1. The fourth-order valence-electron chi connectivity index (χ4n) is 2.81. The van der Waals surface area contributed by atoms with Crippen LogP contribution in [-0.4, -0.2) is 38.2 Å². The molecule has 0 atom stereocenters. The molecule has 1 fully saturated rings. The van der Waals surface area contributed by atoms with Crippen LogP contribution in [0.4, 0.5) is 9.80 Å².